The summed E-state index contributed by atoms with van der Waals surface area (Å²) in [5.74, 6) is 0.553. The topological polar surface area (TPSA) is 77.3 Å². The highest BCUT2D eigenvalue weighted by Gasteiger charge is 2.07. The van der Waals surface area contributed by atoms with Gasteiger partial charge in [0, 0.05) is 24.1 Å². The van der Waals surface area contributed by atoms with Crippen LogP contribution in [0.1, 0.15) is 0 Å². The maximum absolute atomic E-state index is 11.8. The van der Waals surface area contributed by atoms with Gasteiger partial charge in [-0.05, 0) is 18.2 Å². The van der Waals surface area contributed by atoms with Crippen LogP contribution in [0.15, 0.2) is 30.3 Å². The second-order valence-electron chi connectivity index (χ2n) is 4.22. The van der Waals surface area contributed by atoms with Crippen molar-refractivity contribution in [3.05, 3.63) is 40.4 Å². The molecule has 1 aromatic carbocycles. The molecule has 112 valence electrons. The number of anilines is 1. The smallest absolute Gasteiger partial charge is 0.270 e. The Bertz CT molecular complexity index is 637. The van der Waals surface area contributed by atoms with Crippen LogP contribution in [0.25, 0.3) is 10.9 Å². The number of rotatable bonds is 7. The third kappa shape index (κ3) is 4.32. The first-order chi connectivity index (χ1) is 10.1. The number of hydrogen-bond acceptors (Lipinski definition) is 5. The minimum atomic E-state index is -2.47. The van der Waals surface area contributed by atoms with Gasteiger partial charge in [0.1, 0.15) is 12.4 Å². The molecule has 0 radical (unpaired) electrons. The second kappa shape index (κ2) is 6.89. The van der Waals surface area contributed by atoms with E-state index in [1.807, 2.05) is 0 Å². The van der Waals surface area contributed by atoms with Crippen LogP contribution in [0.4, 0.5) is 20.3 Å². The van der Waals surface area contributed by atoms with Gasteiger partial charge in [-0.15, -0.1) is 0 Å². The highest BCUT2D eigenvalue weighted by molar-refractivity contribution is 5.82. The number of nitro groups is 1. The van der Waals surface area contributed by atoms with Crippen molar-refractivity contribution in [1.82, 2.24) is 4.98 Å². The lowest BCUT2D eigenvalue weighted by Gasteiger charge is -2.07. The Morgan fingerprint density at radius 2 is 2.14 bits per heavy atom. The Kier molecular flexibility index (Phi) is 4.94. The van der Waals surface area contributed by atoms with Crippen LogP contribution in [0.3, 0.4) is 0 Å². The minimum Gasteiger partial charge on any atom is -0.374 e. The van der Waals surface area contributed by atoms with E-state index in [9.17, 15) is 18.9 Å². The van der Waals surface area contributed by atoms with Crippen molar-refractivity contribution in [3.63, 3.8) is 0 Å². The molecule has 0 aliphatic carbocycles. The largest absolute Gasteiger partial charge is 0.374 e. The van der Waals surface area contributed by atoms with E-state index < -0.39 is 18.0 Å². The summed E-state index contributed by atoms with van der Waals surface area (Å²) in [4.78, 5) is 14.5. The van der Waals surface area contributed by atoms with Crippen LogP contribution in [0.2, 0.25) is 0 Å². The number of nitrogens with one attached hydrogen (secondary N) is 1. The molecule has 1 heterocycles. The molecular weight excluding hydrogens is 284 g/mol. The molecular formula is C13H13F2N3O3. The maximum Gasteiger partial charge on any atom is 0.270 e. The average molecular weight is 297 g/mol. The number of fused-ring (bicyclic) bond motifs is 1. The average Bonchev–Trinajstić information content (AvgIpc) is 2.45. The normalized spacial score (nSPS) is 11.0. The third-order valence-corrected chi connectivity index (χ3v) is 2.68. The lowest BCUT2D eigenvalue weighted by molar-refractivity contribution is -0.384. The Morgan fingerprint density at radius 1 is 1.33 bits per heavy atom. The number of pyridine rings is 1. The zero-order valence-corrected chi connectivity index (χ0v) is 11.0. The third-order valence-electron chi connectivity index (χ3n) is 2.68. The molecule has 0 spiro atoms. The lowest BCUT2D eigenvalue weighted by Crippen LogP contribution is -2.13. The van der Waals surface area contributed by atoms with E-state index in [2.05, 4.69) is 10.3 Å². The molecule has 2 rings (SSSR count). The Balaban J connectivity index is 1.96. The van der Waals surface area contributed by atoms with E-state index in [-0.39, 0.29) is 12.3 Å². The number of ether oxygens (including phenoxy) is 1. The standard InChI is InChI=1S/C13H13F2N3O3/c14-12(15)8-21-6-5-16-13-4-1-9-7-10(18(19)20)2-3-11(9)17-13/h1-4,7,12H,5-6,8H2,(H,16,17). The molecule has 0 saturated heterocycles. The summed E-state index contributed by atoms with van der Waals surface area (Å²) in [6, 6.07) is 7.76. The summed E-state index contributed by atoms with van der Waals surface area (Å²) in [5, 5.41) is 14.3. The van der Waals surface area contributed by atoms with Crippen LogP contribution >= 0.6 is 0 Å². The molecule has 2 aromatic rings. The minimum absolute atomic E-state index is 0.00501. The van der Waals surface area contributed by atoms with Gasteiger partial charge in [-0.25, -0.2) is 13.8 Å². The molecule has 6 nitrogen and oxygen atoms in total. The van der Waals surface area contributed by atoms with Gasteiger partial charge in [-0.2, -0.15) is 0 Å². The van der Waals surface area contributed by atoms with Crippen molar-refractivity contribution in [1.29, 1.82) is 0 Å². The highest BCUT2D eigenvalue weighted by atomic mass is 19.3. The number of non-ortho nitro benzene ring substituents is 1. The Hall–Kier alpha value is -2.35. The van der Waals surface area contributed by atoms with Gasteiger partial charge in [-0.3, -0.25) is 10.1 Å². The summed E-state index contributed by atoms with van der Waals surface area (Å²) < 4.78 is 28.4. The molecule has 21 heavy (non-hydrogen) atoms. The molecule has 0 saturated carbocycles. The van der Waals surface area contributed by atoms with Crippen molar-refractivity contribution in [3.8, 4) is 0 Å². The SMILES string of the molecule is O=[N+]([O-])c1ccc2nc(NCCOCC(F)F)ccc2c1. The van der Waals surface area contributed by atoms with Gasteiger partial charge >= 0.3 is 0 Å². The lowest BCUT2D eigenvalue weighted by atomic mass is 10.2. The fourth-order valence-electron chi connectivity index (χ4n) is 1.75. The molecule has 0 bridgehead atoms. The number of halogens is 2. The molecule has 1 N–H and O–H groups in total. The van der Waals surface area contributed by atoms with Crippen molar-refractivity contribution < 1.29 is 18.4 Å². The quantitative estimate of drug-likeness (QED) is 0.483. The van der Waals surface area contributed by atoms with E-state index in [0.29, 0.717) is 23.3 Å². The molecule has 0 amide bonds. The molecule has 0 atom stereocenters. The summed E-state index contributed by atoms with van der Waals surface area (Å²) in [6.45, 7) is -0.0982. The van der Waals surface area contributed by atoms with Gasteiger partial charge in [0.05, 0.1) is 17.0 Å². The molecule has 0 fully saturated rings. The van der Waals surface area contributed by atoms with Gasteiger partial charge in [-0.1, -0.05) is 0 Å². The monoisotopic (exact) mass is 297 g/mol. The first kappa shape index (κ1) is 15.0. The summed E-state index contributed by atoms with van der Waals surface area (Å²) >= 11 is 0. The van der Waals surface area contributed by atoms with Crippen molar-refractivity contribution >= 4 is 22.4 Å². The second-order valence-corrected chi connectivity index (χ2v) is 4.22. The fourth-order valence-corrected chi connectivity index (χ4v) is 1.75. The van der Waals surface area contributed by atoms with Crippen molar-refractivity contribution in [2.75, 3.05) is 25.1 Å². The predicted octanol–water partition coefficient (Wildman–Crippen LogP) is 2.84. The molecule has 8 heteroatoms. The molecule has 0 unspecified atom stereocenters. The first-order valence-corrected chi connectivity index (χ1v) is 6.21. The number of benzene rings is 1. The first-order valence-electron chi connectivity index (χ1n) is 6.21. The van der Waals surface area contributed by atoms with Crippen LogP contribution in [0, 0.1) is 10.1 Å². The summed E-state index contributed by atoms with van der Waals surface area (Å²) in [7, 11) is 0. The number of nitro benzene ring substituents is 1. The summed E-state index contributed by atoms with van der Waals surface area (Å²) in [5.41, 5.74) is 0.615. The van der Waals surface area contributed by atoms with Crippen molar-refractivity contribution in [2.24, 2.45) is 0 Å². The van der Waals surface area contributed by atoms with E-state index >= 15 is 0 Å². The number of nitrogens with zero attached hydrogens (tertiary/aromatic N) is 2. The molecule has 1 aromatic heterocycles. The molecule has 0 aliphatic rings. The van der Waals surface area contributed by atoms with Gasteiger partial charge < -0.3 is 10.1 Å². The number of aromatic nitrogens is 1. The predicted molar refractivity (Wildman–Crippen MR) is 73.7 cm³/mol. The van der Waals surface area contributed by atoms with Gasteiger partial charge in [0.2, 0.25) is 0 Å². The van der Waals surface area contributed by atoms with Gasteiger partial charge in [0.15, 0.2) is 0 Å². The van der Waals surface area contributed by atoms with E-state index in [1.54, 1.807) is 18.2 Å². The van der Waals surface area contributed by atoms with Crippen LogP contribution in [-0.2, 0) is 4.74 Å². The highest BCUT2D eigenvalue weighted by Crippen LogP contribution is 2.20. The Labute approximate surface area is 118 Å². The van der Waals surface area contributed by atoms with Crippen LogP contribution in [0.5, 0.6) is 0 Å². The zero-order chi connectivity index (χ0) is 15.2. The van der Waals surface area contributed by atoms with Crippen LogP contribution in [-0.4, -0.2) is 36.1 Å². The number of hydrogen-bond donors (Lipinski definition) is 1. The number of alkyl halides is 2. The van der Waals surface area contributed by atoms with E-state index in [4.69, 9.17) is 4.74 Å². The summed E-state index contributed by atoms with van der Waals surface area (Å²) in [6.07, 6.45) is -2.47. The van der Waals surface area contributed by atoms with E-state index in [1.165, 1.54) is 12.1 Å². The fraction of sp³-hybridized carbons (Fsp3) is 0.308. The van der Waals surface area contributed by atoms with Gasteiger partial charge in [0.25, 0.3) is 12.1 Å². The van der Waals surface area contributed by atoms with Crippen LogP contribution < -0.4 is 5.32 Å². The zero-order valence-electron chi connectivity index (χ0n) is 11.0. The maximum atomic E-state index is 11.8. The Morgan fingerprint density at radius 3 is 2.86 bits per heavy atom. The molecule has 0 aliphatic heterocycles. The van der Waals surface area contributed by atoms with E-state index in [0.717, 1.165) is 0 Å². The van der Waals surface area contributed by atoms with Crippen molar-refractivity contribution in [2.45, 2.75) is 6.43 Å².